The molecule has 0 bridgehead atoms. The zero-order valence-electron chi connectivity index (χ0n) is 14.4. The van der Waals surface area contributed by atoms with E-state index in [-0.39, 0.29) is 11.9 Å². The van der Waals surface area contributed by atoms with E-state index in [4.69, 9.17) is 10.5 Å². The molecule has 1 heterocycles. The van der Waals surface area contributed by atoms with Crippen LogP contribution in [0.3, 0.4) is 0 Å². The number of anilines is 1. The van der Waals surface area contributed by atoms with Gasteiger partial charge >= 0.3 is 0 Å². The summed E-state index contributed by atoms with van der Waals surface area (Å²) in [5, 5.41) is 0. The van der Waals surface area contributed by atoms with Crippen molar-refractivity contribution >= 4 is 5.69 Å². The van der Waals surface area contributed by atoms with Gasteiger partial charge in [0.15, 0.2) is 0 Å². The van der Waals surface area contributed by atoms with Crippen LogP contribution in [0, 0.1) is 5.82 Å². The first-order chi connectivity index (χ1) is 12.8. The van der Waals surface area contributed by atoms with Crippen LogP contribution in [0.15, 0.2) is 72.8 Å². The largest absolute Gasteiger partial charge is 0.489 e. The molecule has 1 unspecified atom stereocenters. The molecule has 3 nitrogen and oxygen atoms in total. The Morgan fingerprint density at radius 3 is 2.58 bits per heavy atom. The molecular formula is C22H21FN2O. The summed E-state index contributed by atoms with van der Waals surface area (Å²) in [6.07, 6.45) is 0. The van der Waals surface area contributed by atoms with Gasteiger partial charge in [-0.2, -0.15) is 0 Å². The lowest BCUT2D eigenvalue weighted by molar-refractivity contribution is 0.303. The Bertz CT molecular complexity index is 898. The third-order valence-corrected chi connectivity index (χ3v) is 4.83. The van der Waals surface area contributed by atoms with E-state index in [9.17, 15) is 4.39 Å². The molecule has 1 atom stereocenters. The highest BCUT2D eigenvalue weighted by atomic mass is 19.1. The van der Waals surface area contributed by atoms with Crippen LogP contribution in [-0.2, 0) is 13.2 Å². The second-order valence-corrected chi connectivity index (χ2v) is 6.46. The minimum atomic E-state index is -0.241. The Labute approximate surface area is 152 Å². The molecule has 132 valence electrons. The van der Waals surface area contributed by atoms with E-state index in [0.29, 0.717) is 19.7 Å². The normalized spacial score (nSPS) is 15.8. The molecule has 0 amide bonds. The van der Waals surface area contributed by atoms with Crippen molar-refractivity contribution in [2.45, 2.75) is 19.2 Å². The monoisotopic (exact) mass is 348 g/mol. The lowest BCUT2D eigenvalue weighted by Crippen LogP contribution is -2.27. The third kappa shape index (κ3) is 3.16. The minimum Gasteiger partial charge on any atom is -0.489 e. The van der Waals surface area contributed by atoms with Crippen LogP contribution in [-0.4, -0.2) is 6.54 Å². The van der Waals surface area contributed by atoms with Gasteiger partial charge in [-0.3, -0.25) is 0 Å². The molecule has 2 N–H and O–H groups in total. The van der Waals surface area contributed by atoms with Crippen LogP contribution < -0.4 is 15.4 Å². The third-order valence-electron chi connectivity index (χ3n) is 4.83. The van der Waals surface area contributed by atoms with Crippen molar-refractivity contribution in [1.29, 1.82) is 0 Å². The fraction of sp³-hybridized carbons (Fsp3) is 0.182. The summed E-state index contributed by atoms with van der Waals surface area (Å²) in [6.45, 7) is 1.64. The van der Waals surface area contributed by atoms with Crippen LogP contribution in [0.4, 0.5) is 10.1 Å². The fourth-order valence-corrected chi connectivity index (χ4v) is 3.56. The molecule has 0 saturated heterocycles. The smallest absolute Gasteiger partial charge is 0.125 e. The van der Waals surface area contributed by atoms with Gasteiger partial charge in [0.1, 0.15) is 18.2 Å². The van der Waals surface area contributed by atoms with Crippen molar-refractivity contribution in [1.82, 2.24) is 0 Å². The summed E-state index contributed by atoms with van der Waals surface area (Å²) in [5.74, 6) is 0.624. The highest BCUT2D eigenvalue weighted by Crippen LogP contribution is 2.41. The highest BCUT2D eigenvalue weighted by Gasteiger charge is 2.31. The lowest BCUT2D eigenvalue weighted by atomic mass is 10.0. The number of rotatable bonds is 5. The van der Waals surface area contributed by atoms with E-state index in [2.05, 4.69) is 11.0 Å². The standard InChI is InChI=1S/C22H21FN2O/c23-17-8-4-9-18(12-17)25-14-20-19(21(25)13-24)10-5-11-22(20)26-15-16-6-2-1-3-7-16/h1-12,21H,13-15,24H2. The molecule has 0 aromatic heterocycles. The molecule has 4 heteroatoms. The van der Waals surface area contributed by atoms with Crippen molar-refractivity contribution in [2.75, 3.05) is 11.4 Å². The number of benzene rings is 3. The molecule has 0 radical (unpaired) electrons. The van der Waals surface area contributed by atoms with Crippen LogP contribution in [0.5, 0.6) is 5.75 Å². The molecule has 0 saturated carbocycles. The van der Waals surface area contributed by atoms with Gasteiger partial charge in [-0.15, -0.1) is 0 Å². The number of halogens is 1. The van der Waals surface area contributed by atoms with E-state index < -0.39 is 0 Å². The van der Waals surface area contributed by atoms with Gasteiger partial charge in [0.25, 0.3) is 0 Å². The Morgan fingerprint density at radius 2 is 1.81 bits per heavy atom. The van der Waals surface area contributed by atoms with Gasteiger partial charge < -0.3 is 15.4 Å². The van der Waals surface area contributed by atoms with Crippen LogP contribution >= 0.6 is 0 Å². The Hall–Kier alpha value is -2.85. The first kappa shape index (κ1) is 16.6. The summed E-state index contributed by atoms with van der Waals surface area (Å²) in [6, 6.07) is 22.8. The Kier molecular flexibility index (Phi) is 4.59. The number of hydrogen-bond acceptors (Lipinski definition) is 3. The van der Waals surface area contributed by atoms with Crippen molar-refractivity contribution in [3.8, 4) is 5.75 Å². The maximum absolute atomic E-state index is 13.7. The quantitative estimate of drug-likeness (QED) is 0.741. The molecule has 26 heavy (non-hydrogen) atoms. The average molecular weight is 348 g/mol. The van der Waals surface area contributed by atoms with Crippen molar-refractivity contribution < 1.29 is 9.13 Å². The van der Waals surface area contributed by atoms with Crippen molar-refractivity contribution in [3.05, 3.63) is 95.3 Å². The first-order valence-corrected chi connectivity index (χ1v) is 8.77. The van der Waals surface area contributed by atoms with Gasteiger partial charge in [0.2, 0.25) is 0 Å². The predicted molar refractivity (Wildman–Crippen MR) is 102 cm³/mol. The number of nitrogens with two attached hydrogens (primary N) is 1. The molecule has 4 rings (SSSR count). The second kappa shape index (κ2) is 7.18. The summed E-state index contributed by atoms with van der Waals surface area (Å²) in [7, 11) is 0. The summed E-state index contributed by atoms with van der Waals surface area (Å²) in [4.78, 5) is 2.14. The summed E-state index contributed by atoms with van der Waals surface area (Å²) < 4.78 is 19.8. The van der Waals surface area contributed by atoms with Crippen LogP contribution in [0.25, 0.3) is 0 Å². The van der Waals surface area contributed by atoms with Gasteiger partial charge in [0.05, 0.1) is 6.04 Å². The zero-order chi connectivity index (χ0) is 17.9. The summed E-state index contributed by atoms with van der Waals surface area (Å²) >= 11 is 0. The van der Waals surface area contributed by atoms with E-state index in [1.165, 1.54) is 6.07 Å². The van der Waals surface area contributed by atoms with Crippen LogP contribution in [0.1, 0.15) is 22.7 Å². The molecular weight excluding hydrogens is 327 g/mol. The molecule has 3 aromatic carbocycles. The summed E-state index contributed by atoms with van der Waals surface area (Å²) in [5.41, 5.74) is 10.3. The van der Waals surface area contributed by atoms with Gasteiger partial charge in [0, 0.05) is 24.3 Å². The molecule has 0 spiro atoms. The maximum Gasteiger partial charge on any atom is 0.125 e. The topological polar surface area (TPSA) is 38.5 Å². The van der Waals surface area contributed by atoms with Crippen molar-refractivity contribution in [2.24, 2.45) is 5.73 Å². The number of hydrogen-bond donors (Lipinski definition) is 1. The van der Waals surface area contributed by atoms with Crippen molar-refractivity contribution in [3.63, 3.8) is 0 Å². The molecule has 1 aliphatic rings. The van der Waals surface area contributed by atoms with Gasteiger partial charge in [-0.25, -0.2) is 4.39 Å². The number of nitrogens with zero attached hydrogens (tertiary/aromatic N) is 1. The second-order valence-electron chi connectivity index (χ2n) is 6.46. The predicted octanol–water partition coefficient (Wildman–Crippen LogP) is 4.42. The van der Waals surface area contributed by atoms with E-state index in [1.807, 2.05) is 48.5 Å². The fourth-order valence-electron chi connectivity index (χ4n) is 3.56. The molecule has 0 aliphatic carbocycles. The van der Waals surface area contributed by atoms with Gasteiger partial charge in [-0.05, 0) is 35.4 Å². The minimum absolute atomic E-state index is 0.0204. The zero-order valence-corrected chi connectivity index (χ0v) is 14.4. The van der Waals surface area contributed by atoms with E-state index in [0.717, 1.165) is 28.1 Å². The van der Waals surface area contributed by atoms with E-state index in [1.54, 1.807) is 12.1 Å². The first-order valence-electron chi connectivity index (χ1n) is 8.77. The molecule has 3 aromatic rings. The van der Waals surface area contributed by atoms with Crippen LogP contribution in [0.2, 0.25) is 0 Å². The molecule has 1 aliphatic heterocycles. The Balaban J connectivity index is 1.62. The Morgan fingerprint density at radius 1 is 1.00 bits per heavy atom. The molecule has 0 fully saturated rings. The highest BCUT2D eigenvalue weighted by molar-refractivity contribution is 5.58. The SMILES string of the molecule is NCC1c2cccc(OCc3ccccc3)c2CN1c1cccc(F)c1. The van der Waals surface area contributed by atoms with E-state index >= 15 is 0 Å². The lowest BCUT2D eigenvalue weighted by Gasteiger charge is -2.26. The van der Waals surface area contributed by atoms with Gasteiger partial charge in [-0.1, -0.05) is 48.5 Å². The average Bonchev–Trinajstić information content (AvgIpc) is 3.06. The number of ether oxygens (including phenoxy) is 1. The number of fused-ring (bicyclic) bond motifs is 1. The maximum atomic E-state index is 13.7.